The summed E-state index contributed by atoms with van der Waals surface area (Å²) in [6.45, 7) is 4.57. The number of pyridine rings is 1. The smallest absolute Gasteiger partial charge is 0.260 e. The molecule has 1 aromatic carbocycles. The number of carbonyl (C=O) groups excluding carboxylic acids is 1. The van der Waals surface area contributed by atoms with Crippen LogP contribution in [0.5, 0.6) is 5.75 Å². The zero-order chi connectivity index (χ0) is 14.4. The summed E-state index contributed by atoms with van der Waals surface area (Å²) in [6.07, 6.45) is 2.62. The lowest BCUT2D eigenvalue weighted by atomic mass is 10.2. The molecule has 0 aliphatic carbocycles. The van der Waals surface area contributed by atoms with Crippen molar-refractivity contribution in [2.24, 2.45) is 0 Å². The Morgan fingerprint density at radius 3 is 2.75 bits per heavy atom. The fourth-order valence-electron chi connectivity index (χ4n) is 1.72. The zero-order valence-electron chi connectivity index (χ0n) is 11.7. The molecule has 1 heterocycles. The average Bonchev–Trinajstić information content (AvgIpc) is 2.47. The molecule has 0 saturated carbocycles. The Balaban J connectivity index is 2.14. The van der Waals surface area contributed by atoms with Crippen molar-refractivity contribution in [3.05, 3.63) is 53.7 Å². The third-order valence-corrected chi connectivity index (χ3v) is 2.75. The van der Waals surface area contributed by atoms with Gasteiger partial charge in [-0.1, -0.05) is 25.1 Å². The monoisotopic (exact) mass is 270 g/mol. The highest BCUT2D eigenvalue weighted by molar-refractivity contribution is 6.05. The second-order valence-corrected chi connectivity index (χ2v) is 4.52. The molecule has 0 unspecified atom stereocenters. The lowest BCUT2D eigenvalue weighted by Gasteiger charge is -2.10. The van der Waals surface area contributed by atoms with E-state index in [1.807, 2.05) is 32.0 Å². The van der Waals surface area contributed by atoms with Crippen LogP contribution < -0.4 is 10.1 Å². The number of aromatic nitrogens is 1. The highest BCUT2D eigenvalue weighted by Crippen LogP contribution is 2.19. The first kappa shape index (κ1) is 14.1. The molecule has 4 nitrogen and oxygen atoms in total. The first-order valence-electron chi connectivity index (χ1n) is 6.66. The maximum Gasteiger partial charge on any atom is 0.260 e. The highest BCUT2D eigenvalue weighted by atomic mass is 16.5. The molecular weight excluding hydrogens is 252 g/mol. The van der Waals surface area contributed by atoms with E-state index in [4.69, 9.17) is 4.74 Å². The van der Waals surface area contributed by atoms with Gasteiger partial charge in [-0.3, -0.25) is 4.79 Å². The molecule has 4 heteroatoms. The molecular formula is C16H18N2O2. The summed E-state index contributed by atoms with van der Waals surface area (Å²) in [5.74, 6) is 0.915. The van der Waals surface area contributed by atoms with Crippen LogP contribution in [0.4, 0.5) is 5.82 Å². The second kappa shape index (κ2) is 6.70. The summed E-state index contributed by atoms with van der Waals surface area (Å²) in [7, 11) is 0. The number of amides is 1. The number of anilines is 1. The topological polar surface area (TPSA) is 51.2 Å². The van der Waals surface area contributed by atoms with E-state index in [0.717, 1.165) is 12.0 Å². The van der Waals surface area contributed by atoms with Gasteiger partial charge in [-0.05, 0) is 37.1 Å². The number of hydrogen-bond acceptors (Lipinski definition) is 3. The Hall–Kier alpha value is -2.36. The van der Waals surface area contributed by atoms with E-state index in [1.165, 1.54) is 0 Å². The van der Waals surface area contributed by atoms with Gasteiger partial charge < -0.3 is 10.1 Å². The number of benzene rings is 1. The largest absolute Gasteiger partial charge is 0.493 e. The minimum absolute atomic E-state index is 0.215. The van der Waals surface area contributed by atoms with Crippen molar-refractivity contribution in [2.45, 2.75) is 20.3 Å². The van der Waals surface area contributed by atoms with Gasteiger partial charge in [-0.25, -0.2) is 4.98 Å². The van der Waals surface area contributed by atoms with Crippen LogP contribution in [0.2, 0.25) is 0 Å². The molecule has 0 radical (unpaired) electrons. The van der Waals surface area contributed by atoms with E-state index in [9.17, 15) is 4.79 Å². The van der Waals surface area contributed by atoms with Crippen LogP contribution in [0.15, 0.2) is 42.6 Å². The number of hydrogen-bond donors (Lipinski definition) is 1. The van der Waals surface area contributed by atoms with Crippen molar-refractivity contribution in [3.8, 4) is 5.75 Å². The van der Waals surface area contributed by atoms with Crippen LogP contribution in [0.25, 0.3) is 0 Å². The molecule has 0 aliphatic heterocycles. The Bertz CT molecular complexity index is 579. The third kappa shape index (κ3) is 3.57. The van der Waals surface area contributed by atoms with Gasteiger partial charge in [0.15, 0.2) is 0 Å². The van der Waals surface area contributed by atoms with E-state index in [1.54, 1.807) is 24.4 Å². The molecule has 1 aromatic heterocycles. The standard InChI is InChI=1S/C16H18N2O2/c1-3-10-20-14-7-5-4-6-13(14)16(19)18-15-9-8-12(2)11-17-15/h4-9,11H,3,10H2,1-2H3,(H,17,18,19). The Labute approximate surface area is 118 Å². The summed E-state index contributed by atoms with van der Waals surface area (Å²) >= 11 is 0. The Kier molecular flexibility index (Phi) is 4.71. The number of carbonyl (C=O) groups is 1. The van der Waals surface area contributed by atoms with Crippen LogP contribution >= 0.6 is 0 Å². The summed E-state index contributed by atoms with van der Waals surface area (Å²) in [6, 6.07) is 10.9. The Morgan fingerprint density at radius 2 is 2.05 bits per heavy atom. The zero-order valence-corrected chi connectivity index (χ0v) is 11.7. The fourth-order valence-corrected chi connectivity index (χ4v) is 1.72. The lowest BCUT2D eigenvalue weighted by molar-refractivity contribution is 0.102. The summed E-state index contributed by atoms with van der Waals surface area (Å²) in [5.41, 5.74) is 1.57. The minimum Gasteiger partial charge on any atom is -0.493 e. The van der Waals surface area contributed by atoms with Gasteiger partial charge in [0.1, 0.15) is 11.6 Å². The summed E-state index contributed by atoms with van der Waals surface area (Å²) in [5, 5.41) is 2.77. The number of nitrogens with one attached hydrogen (secondary N) is 1. The van der Waals surface area contributed by atoms with Crippen molar-refractivity contribution >= 4 is 11.7 Å². The van der Waals surface area contributed by atoms with Gasteiger partial charge in [-0.15, -0.1) is 0 Å². The molecule has 0 spiro atoms. The number of aryl methyl sites for hydroxylation is 1. The van der Waals surface area contributed by atoms with Gasteiger partial charge in [0.25, 0.3) is 5.91 Å². The van der Waals surface area contributed by atoms with Gasteiger partial charge in [0, 0.05) is 6.20 Å². The van der Waals surface area contributed by atoms with Gasteiger partial charge in [0.2, 0.25) is 0 Å². The highest BCUT2D eigenvalue weighted by Gasteiger charge is 2.12. The molecule has 0 fully saturated rings. The minimum atomic E-state index is -0.215. The molecule has 1 N–H and O–H groups in total. The molecule has 0 saturated heterocycles. The van der Waals surface area contributed by atoms with Crippen molar-refractivity contribution in [2.75, 3.05) is 11.9 Å². The van der Waals surface area contributed by atoms with Gasteiger partial charge >= 0.3 is 0 Å². The number of ether oxygens (including phenoxy) is 1. The van der Waals surface area contributed by atoms with Gasteiger partial charge in [0.05, 0.1) is 12.2 Å². The van der Waals surface area contributed by atoms with E-state index in [2.05, 4.69) is 10.3 Å². The van der Waals surface area contributed by atoms with Crippen molar-refractivity contribution in [1.29, 1.82) is 0 Å². The molecule has 20 heavy (non-hydrogen) atoms. The number of para-hydroxylation sites is 1. The summed E-state index contributed by atoms with van der Waals surface area (Å²) in [4.78, 5) is 16.4. The van der Waals surface area contributed by atoms with Crippen molar-refractivity contribution in [1.82, 2.24) is 4.98 Å². The Morgan fingerprint density at radius 1 is 1.25 bits per heavy atom. The molecule has 2 aromatic rings. The van der Waals surface area contributed by atoms with Crippen molar-refractivity contribution < 1.29 is 9.53 Å². The third-order valence-electron chi connectivity index (χ3n) is 2.75. The van der Waals surface area contributed by atoms with Crippen LogP contribution in [-0.2, 0) is 0 Å². The predicted octanol–water partition coefficient (Wildman–Crippen LogP) is 3.43. The predicted molar refractivity (Wildman–Crippen MR) is 79.2 cm³/mol. The molecule has 1 amide bonds. The normalized spacial score (nSPS) is 10.1. The fraction of sp³-hybridized carbons (Fsp3) is 0.250. The molecule has 0 atom stereocenters. The first-order chi connectivity index (χ1) is 9.70. The summed E-state index contributed by atoms with van der Waals surface area (Å²) < 4.78 is 5.58. The SMILES string of the molecule is CCCOc1ccccc1C(=O)Nc1ccc(C)cn1. The lowest BCUT2D eigenvalue weighted by Crippen LogP contribution is -2.14. The molecule has 2 rings (SSSR count). The quantitative estimate of drug-likeness (QED) is 0.905. The van der Waals surface area contributed by atoms with E-state index < -0.39 is 0 Å². The van der Waals surface area contributed by atoms with Crippen LogP contribution in [0.1, 0.15) is 29.3 Å². The van der Waals surface area contributed by atoms with Crippen LogP contribution in [0.3, 0.4) is 0 Å². The van der Waals surface area contributed by atoms with E-state index in [-0.39, 0.29) is 5.91 Å². The average molecular weight is 270 g/mol. The van der Waals surface area contributed by atoms with Crippen LogP contribution in [-0.4, -0.2) is 17.5 Å². The molecule has 104 valence electrons. The van der Waals surface area contributed by atoms with Gasteiger partial charge in [-0.2, -0.15) is 0 Å². The number of nitrogens with zero attached hydrogens (tertiary/aromatic N) is 1. The molecule has 0 aliphatic rings. The maximum atomic E-state index is 12.3. The number of rotatable bonds is 5. The first-order valence-corrected chi connectivity index (χ1v) is 6.66. The molecule has 0 bridgehead atoms. The van der Waals surface area contributed by atoms with E-state index >= 15 is 0 Å². The van der Waals surface area contributed by atoms with Crippen LogP contribution in [0, 0.1) is 6.92 Å². The maximum absolute atomic E-state index is 12.3. The van der Waals surface area contributed by atoms with Crippen molar-refractivity contribution in [3.63, 3.8) is 0 Å². The van der Waals surface area contributed by atoms with E-state index in [0.29, 0.717) is 23.7 Å². The second-order valence-electron chi connectivity index (χ2n) is 4.52.